The van der Waals surface area contributed by atoms with Crippen LogP contribution in [0.4, 0.5) is 5.69 Å². The highest BCUT2D eigenvalue weighted by molar-refractivity contribution is 7.09. The molecular formula is C23H30N4O2S. The molecule has 2 aliphatic rings. The fraction of sp³-hybridized carbons (Fsp3) is 0.522. The van der Waals surface area contributed by atoms with E-state index in [1.54, 1.807) is 23.5 Å². The molecule has 2 heterocycles. The van der Waals surface area contributed by atoms with Gasteiger partial charge in [-0.2, -0.15) is 0 Å². The summed E-state index contributed by atoms with van der Waals surface area (Å²) in [5.74, 6) is 0.0773. The number of thiazole rings is 1. The summed E-state index contributed by atoms with van der Waals surface area (Å²) in [7, 11) is 0. The van der Waals surface area contributed by atoms with Crippen LogP contribution in [0.2, 0.25) is 0 Å². The van der Waals surface area contributed by atoms with Gasteiger partial charge in [0.15, 0.2) is 0 Å². The van der Waals surface area contributed by atoms with E-state index in [0.717, 1.165) is 61.7 Å². The Morgan fingerprint density at radius 1 is 1.10 bits per heavy atom. The summed E-state index contributed by atoms with van der Waals surface area (Å²) in [5, 5.41) is 9.33. The van der Waals surface area contributed by atoms with Gasteiger partial charge in [-0.3, -0.25) is 14.5 Å². The number of anilines is 1. The van der Waals surface area contributed by atoms with Crippen LogP contribution in [-0.4, -0.2) is 40.8 Å². The van der Waals surface area contributed by atoms with Crippen molar-refractivity contribution in [1.29, 1.82) is 0 Å². The number of hydrogen-bond donors (Lipinski definition) is 2. The number of benzene rings is 1. The van der Waals surface area contributed by atoms with Gasteiger partial charge >= 0.3 is 0 Å². The number of aromatic nitrogens is 1. The van der Waals surface area contributed by atoms with Crippen molar-refractivity contribution in [1.82, 2.24) is 15.2 Å². The van der Waals surface area contributed by atoms with E-state index in [9.17, 15) is 9.59 Å². The van der Waals surface area contributed by atoms with Crippen molar-refractivity contribution in [2.45, 2.75) is 58.0 Å². The minimum atomic E-state index is -0.0255. The highest BCUT2D eigenvalue weighted by atomic mass is 32.1. The predicted octanol–water partition coefficient (Wildman–Crippen LogP) is 3.97. The smallest absolute Gasteiger partial charge is 0.251 e. The van der Waals surface area contributed by atoms with Crippen molar-refractivity contribution in [2.75, 3.05) is 18.4 Å². The van der Waals surface area contributed by atoms with Crippen LogP contribution >= 0.6 is 11.3 Å². The Morgan fingerprint density at radius 3 is 2.43 bits per heavy atom. The average Bonchev–Trinajstić information content (AvgIpc) is 3.40. The maximum absolute atomic E-state index is 12.7. The molecule has 1 saturated carbocycles. The molecule has 6 nitrogen and oxygen atoms in total. The lowest BCUT2D eigenvalue weighted by molar-refractivity contribution is -0.121. The normalized spacial score (nSPS) is 18.4. The van der Waals surface area contributed by atoms with E-state index >= 15 is 0 Å². The lowest BCUT2D eigenvalue weighted by atomic mass is 9.95. The molecular weight excluding hydrogens is 396 g/mol. The first-order valence-corrected chi connectivity index (χ1v) is 11.8. The quantitative estimate of drug-likeness (QED) is 0.733. The maximum Gasteiger partial charge on any atom is 0.251 e. The molecule has 2 fully saturated rings. The zero-order chi connectivity index (χ0) is 20.9. The number of piperidine rings is 1. The molecule has 30 heavy (non-hydrogen) atoms. The molecule has 1 aliphatic heterocycles. The SMILES string of the molecule is Cc1nc(CN2CCC(C(=O)Nc3ccc(C(=O)NC4CCCC4)cc3)CC2)cs1. The first-order chi connectivity index (χ1) is 14.6. The Hall–Kier alpha value is -2.25. The third-order valence-electron chi connectivity index (χ3n) is 6.12. The van der Waals surface area contributed by atoms with E-state index in [-0.39, 0.29) is 17.7 Å². The highest BCUT2D eigenvalue weighted by Gasteiger charge is 2.25. The van der Waals surface area contributed by atoms with Crippen molar-refractivity contribution in [2.24, 2.45) is 5.92 Å². The van der Waals surface area contributed by atoms with Gasteiger partial charge in [-0.25, -0.2) is 4.98 Å². The summed E-state index contributed by atoms with van der Waals surface area (Å²) in [4.78, 5) is 31.9. The van der Waals surface area contributed by atoms with Crippen molar-refractivity contribution in [3.8, 4) is 0 Å². The summed E-state index contributed by atoms with van der Waals surface area (Å²) in [6, 6.07) is 7.53. The minimum absolute atomic E-state index is 0.0255. The Labute approximate surface area is 182 Å². The van der Waals surface area contributed by atoms with Gasteiger partial charge in [0.2, 0.25) is 5.91 Å². The first-order valence-electron chi connectivity index (χ1n) is 10.9. The molecule has 0 atom stereocenters. The van der Waals surface area contributed by atoms with Gasteiger partial charge in [0.1, 0.15) is 0 Å². The Kier molecular flexibility index (Phi) is 6.79. The second kappa shape index (κ2) is 9.71. The Bertz CT molecular complexity index is 866. The van der Waals surface area contributed by atoms with Gasteiger partial charge in [0.25, 0.3) is 5.91 Å². The summed E-state index contributed by atoms with van der Waals surface area (Å²) in [6.45, 7) is 4.71. The molecule has 1 aromatic heterocycles. The van der Waals surface area contributed by atoms with Crippen molar-refractivity contribution in [3.63, 3.8) is 0 Å². The monoisotopic (exact) mass is 426 g/mol. The molecule has 0 radical (unpaired) electrons. The molecule has 1 saturated heterocycles. The molecule has 7 heteroatoms. The average molecular weight is 427 g/mol. The number of nitrogens with zero attached hydrogens (tertiary/aromatic N) is 2. The second-order valence-corrected chi connectivity index (χ2v) is 9.49. The number of aryl methyl sites for hydroxylation is 1. The van der Waals surface area contributed by atoms with E-state index in [1.807, 2.05) is 19.1 Å². The fourth-order valence-electron chi connectivity index (χ4n) is 4.35. The van der Waals surface area contributed by atoms with Gasteiger partial charge in [-0.15, -0.1) is 11.3 Å². The standard InChI is InChI=1S/C23H30N4O2S/c1-16-24-21(15-30-16)14-27-12-10-18(11-13-27)23(29)26-20-8-6-17(7-9-20)22(28)25-19-4-2-3-5-19/h6-9,15,18-19H,2-5,10-14H2,1H3,(H,25,28)(H,26,29). The number of amides is 2. The third-order valence-corrected chi connectivity index (χ3v) is 6.94. The molecule has 0 unspecified atom stereocenters. The molecule has 1 aliphatic carbocycles. The zero-order valence-electron chi connectivity index (χ0n) is 17.5. The van der Waals surface area contributed by atoms with E-state index in [4.69, 9.17) is 0 Å². The van der Waals surface area contributed by atoms with Crippen LogP contribution in [-0.2, 0) is 11.3 Å². The van der Waals surface area contributed by atoms with Gasteiger partial charge in [0, 0.05) is 35.1 Å². The lowest BCUT2D eigenvalue weighted by Gasteiger charge is -2.30. The third kappa shape index (κ3) is 5.46. The highest BCUT2D eigenvalue weighted by Crippen LogP contribution is 2.22. The molecule has 0 bridgehead atoms. The Morgan fingerprint density at radius 2 is 1.80 bits per heavy atom. The Balaban J connectivity index is 1.23. The number of nitrogens with one attached hydrogen (secondary N) is 2. The van der Waals surface area contributed by atoms with Gasteiger partial charge in [-0.1, -0.05) is 12.8 Å². The number of carbonyl (C=O) groups is 2. The molecule has 0 spiro atoms. The van der Waals surface area contributed by atoms with Crippen LogP contribution < -0.4 is 10.6 Å². The van der Waals surface area contributed by atoms with Crippen molar-refractivity contribution >= 4 is 28.8 Å². The van der Waals surface area contributed by atoms with Gasteiger partial charge in [-0.05, 0) is 70.0 Å². The summed E-state index contributed by atoms with van der Waals surface area (Å²) >= 11 is 1.68. The van der Waals surface area contributed by atoms with Crippen LogP contribution in [0.5, 0.6) is 0 Å². The van der Waals surface area contributed by atoms with E-state index in [1.165, 1.54) is 12.8 Å². The predicted molar refractivity (Wildman–Crippen MR) is 120 cm³/mol. The summed E-state index contributed by atoms with van der Waals surface area (Å²) < 4.78 is 0. The van der Waals surface area contributed by atoms with E-state index < -0.39 is 0 Å². The number of hydrogen-bond acceptors (Lipinski definition) is 5. The number of likely N-dealkylation sites (tertiary alicyclic amines) is 1. The van der Waals surface area contributed by atoms with Crippen LogP contribution in [0.15, 0.2) is 29.6 Å². The van der Waals surface area contributed by atoms with Crippen LogP contribution in [0, 0.1) is 12.8 Å². The van der Waals surface area contributed by atoms with Crippen LogP contribution in [0.25, 0.3) is 0 Å². The molecule has 1 aromatic carbocycles. The van der Waals surface area contributed by atoms with Crippen molar-refractivity contribution in [3.05, 3.63) is 45.9 Å². The fourth-order valence-corrected chi connectivity index (χ4v) is 4.96. The number of rotatable bonds is 6. The molecule has 2 N–H and O–H groups in total. The number of carbonyl (C=O) groups excluding carboxylic acids is 2. The molecule has 4 rings (SSSR count). The zero-order valence-corrected chi connectivity index (χ0v) is 18.3. The largest absolute Gasteiger partial charge is 0.349 e. The maximum atomic E-state index is 12.7. The first kappa shape index (κ1) is 21.0. The van der Waals surface area contributed by atoms with Gasteiger partial charge < -0.3 is 10.6 Å². The summed E-state index contributed by atoms with van der Waals surface area (Å²) in [5.41, 5.74) is 2.51. The summed E-state index contributed by atoms with van der Waals surface area (Å²) in [6.07, 6.45) is 6.25. The van der Waals surface area contributed by atoms with Gasteiger partial charge in [0.05, 0.1) is 10.7 Å². The van der Waals surface area contributed by atoms with Crippen LogP contribution in [0.3, 0.4) is 0 Å². The van der Waals surface area contributed by atoms with E-state index in [0.29, 0.717) is 11.6 Å². The van der Waals surface area contributed by atoms with Crippen LogP contribution in [0.1, 0.15) is 59.6 Å². The topological polar surface area (TPSA) is 74.3 Å². The van der Waals surface area contributed by atoms with E-state index in [2.05, 4.69) is 25.9 Å². The van der Waals surface area contributed by atoms with Crippen molar-refractivity contribution < 1.29 is 9.59 Å². The minimum Gasteiger partial charge on any atom is -0.349 e. The lowest BCUT2D eigenvalue weighted by Crippen LogP contribution is -2.37. The molecule has 2 aromatic rings. The second-order valence-electron chi connectivity index (χ2n) is 8.43. The molecule has 2 amide bonds. The molecule has 160 valence electrons.